The van der Waals surface area contributed by atoms with Crippen LogP contribution in [0.15, 0.2) is 0 Å². The summed E-state index contributed by atoms with van der Waals surface area (Å²) in [5.74, 6) is -8.46. The van der Waals surface area contributed by atoms with Crippen LogP contribution < -0.4 is 31.9 Å². The first-order chi connectivity index (χ1) is 28.4. The molecule has 20 nitrogen and oxygen atoms in total. The minimum atomic E-state index is -1.75. The van der Waals surface area contributed by atoms with Crippen LogP contribution >= 0.6 is 0 Å². The van der Waals surface area contributed by atoms with Crippen LogP contribution in [0.1, 0.15) is 108 Å². The average Bonchev–Trinajstić information content (AvgIpc) is 3.67. The average molecular weight is 868 g/mol. The van der Waals surface area contributed by atoms with E-state index in [0.717, 1.165) is 0 Å². The summed E-state index contributed by atoms with van der Waals surface area (Å²) in [5.41, 5.74) is -0.673. The SMILES string of the molecule is CCOC(=O)C(NC(=O)CNC(=O)C(NC(=O)C(CC(C)C)NC(=O)CNC(=O)C(NC(=O)C1CCN(C(=O)CCC(=O)OC(C)(C)C)C1)C(C)C)C(C)CC)C(=O)OCC. The fraction of sp³-hybridized carbons (Fsp3) is 0.756. The van der Waals surface area contributed by atoms with Gasteiger partial charge in [-0.3, -0.25) is 38.4 Å². The standard InChI is InChI=1S/C41H69N7O13/c1-12-25(8)33(38(56)43-21-29(50)45-34(39(57)59-13-2)40(58)60-14-3)47-36(54)27(19-23(4)5)44-28(49)20-42-37(55)32(24(6)7)46-35(53)26-17-18-48(22-26)30(51)15-16-31(52)61-41(9,10)11/h23-27,32-34H,12-22H2,1-11H3,(H,42,55)(H,43,56)(H,44,49)(H,45,50)(H,46,53)(H,47,54). The fourth-order valence-electron chi connectivity index (χ4n) is 6.10. The Morgan fingerprint density at radius 3 is 1.72 bits per heavy atom. The summed E-state index contributed by atoms with van der Waals surface area (Å²) in [5, 5.41) is 15.1. The zero-order valence-corrected chi connectivity index (χ0v) is 37.7. The summed E-state index contributed by atoms with van der Waals surface area (Å²) in [6.45, 7) is 17.9. The van der Waals surface area contributed by atoms with Crippen LogP contribution in [0.5, 0.6) is 0 Å². The van der Waals surface area contributed by atoms with Crippen molar-refractivity contribution in [2.45, 2.75) is 138 Å². The third-order valence-corrected chi connectivity index (χ3v) is 9.47. The molecule has 1 aliphatic heterocycles. The van der Waals surface area contributed by atoms with E-state index in [-0.39, 0.29) is 56.8 Å². The van der Waals surface area contributed by atoms with Gasteiger partial charge in [0.2, 0.25) is 47.4 Å². The lowest BCUT2D eigenvalue weighted by molar-refractivity contribution is -0.159. The minimum absolute atomic E-state index is 0.0575. The Bertz CT molecular complexity index is 1540. The summed E-state index contributed by atoms with van der Waals surface area (Å²) < 4.78 is 14.9. The molecule has 0 bridgehead atoms. The van der Waals surface area contributed by atoms with Crippen molar-refractivity contribution in [2.24, 2.45) is 23.7 Å². The highest BCUT2D eigenvalue weighted by atomic mass is 16.6. The van der Waals surface area contributed by atoms with Crippen LogP contribution in [0, 0.1) is 23.7 Å². The van der Waals surface area contributed by atoms with Crippen molar-refractivity contribution in [3.8, 4) is 0 Å². The summed E-state index contributed by atoms with van der Waals surface area (Å²) >= 11 is 0. The number of nitrogens with one attached hydrogen (secondary N) is 6. The van der Waals surface area contributed by atoms with E-state index in [9.17, 15) is 47.9 Å². The van der Waals surface area contributed by atoms with E-state index in [1.165, 1.54) is 18.7 Å². The number of esters is 3. The van der Waals surface area contributed by atoms with Crippen molar-refractivity contribution in [1.29, 1.82) is 0 Å². The van der Waals surface area contributed by atoms with Gasteiger partial charge in [-0.05, 0) is 65.2 Å². The predicted octanol–water partition coefficient (Wildman–Crippen LogP) is 0.00280. The second-order valence-corrected chi connectivity index (χ2v) is 16.7. The first-order valence-electron chi connectivity index (χ1n) is 21.0. The van der Waals surface area contributed by atoms with Gasteiger partial charge in [0.1, 0.15) is 23.7 Å². The van der Waals surface area contributed by atoms with Gasteiger partial charge in [0.15, 0.2) is 0 Å². The number of carbonyl (C=O) groups is 10. The Hall–Kier alpha value is -5.30. The Morgan fingerprint density at radius 1 is 0.689 bits per heavy atom. The number of carbonyl (C=O) groups excluding carboxylic acids is 10. The third kappa shape index (κ3) is 19.8. The van der Waals surface area contributed by atoms with Crippen LogP contribution in [0.4, 0.5) is 0 Å². The minimum Gasteiger partial charge on any atom is -0.464 e. The molecule has 346 valence electrons. The first-order valence-corrected chi connectivity index (χ1v) is 21.0. The lowest BCUT2D eigenvalue weighted by Crippen LogP contribution is -2.58. The molecule has 0 aromatic carbocycles. The zero-order valence-electron chi connectivity index (χ0n) is 37.7. The molecular formula is C41H69N7O13. The number of likely N-dealkylation sites (tertiary alicyclic amines) is 1. The normalized spacial score (nSPS) is 15.8. The molecule has 61 heavy (non-hydrogen) atoms. The molecule has 5 unspecified atom stereocenters. The quantitative estimate of drug-likeness (QED) is 0.0424. The van der Waals surface area contributed by atoms with E-state index in [1.807, 2.05) is 13.8 Å². The lowest BCUT2D eigenvalue weighted by Gasteiger charge is -2.27. The summed E-state index contributed by atoms with van der Waals surface area (Å²) in [4.78, 5) is 130. The molecule has 1 rings (SSSR count). The van der Waals surface area contributed by atoms with Gasteiger partial charge < -0.3 is 51.0 Å². The second-order valence-electron chi connectivity index (χ2n) is 16.7. The van der Waals surface area contributed by atoms with Crippen LogP contribution in [-0.4, -0.2) is 133 Å². The lowest BCUT2D eigenvalue weighted by atomic mass is 9.96. The molecule has 20 heteroatoms. The maximum absolute atomic E-state index is 13.6. The third-order valence-electron chi connectivity index (χ3n) is 9.47. The number of ether oxygens (including phenoxy) is 3. The molecule has 5 atom stereocenters. The van der Waals surface area contributed by atoms with Crippen molar-refractivity contribution in [3.63, 3.8) is 0 Å². The molecule has 0 spiro atoms. The van der Waals surface area contributed by atoms with Crippen LogP contribution in [0.2, 0.25) is 0 Å². The van der Waals surface area contributed by atoms with Crippen molar-refractivity contribution >= 4 is 59.3 Å². The topological polar surface area (TPSA) is 274 Å². The van der Waals surface area contributed by atoms with Crippen molar-refractivity contribution < 1.29 is 62.2 Å². The maximum atomic E-state index is 13.6. The van der Waals surface area contributed by atoms with Crippen LogP contribution in [-0.2, 0) is 62.2 Å². The zero-order chi connectivity index (χ0) is 46.6. The molecule has 1 heterocycles. The van der Waals surface area contributed by atoms with Crippen molar-refractivity contribution in [3.05, 3.63) is 0 Å². The van der Waals surface area contributed by atoms with Crippen molar-refractivity contribution in [2.75, 3.05) is 39.4 Å². The van der Waals surface area contributed by atoms with Gasteiger partial charge in [-0.15, -0.1) is 0 Å². The maximum Gasteiger partial charge on any atom is 0.340 e. The summed E-state index contributed by atoms with van der Waals surface area (Å²) in [6.07, 6.45) is 0.820. The molecule has 0 aliphatic carbocycles. The summed E-state index contributed by atoms with van der Waals surface area (Å²) in [7, 11) is 0. The number of amides is 7. The van der Waals surface area contributed by atoms with Crippen molar-refractivity contribution in [1.82, 2.24) is 36.8 Å². The molecule has 1 saturated heterocycles. The molecule has 0 aromatic rings. The molecule has 6 N–H and O–H groups in total. The fourth-order valence-corrected chi connectivity index (χ4v) is 6.10. The molecule has 0 aromatic heterocycles. The number of hydrogen-bond donors (Lipinski definition) is 6. The van der Waals surface area contributed by atoms with Gasteiger partial charge >= 0.3 is 17.9 Å². The molecule has 0 saturated carbocycles. The van der Waals surface area contributed by atoms with E-state index in [2.05, 4.69) is 31.9 Å². The van der Waals surface area contributed by atoms with E-state index in [0.29, 0.717) is 19.4 Å². The van der Waals surface area contributed by atoms with E-state index >= 15 is 0 Å². The molecule has 1 aliphatic rings. The number of nitrogens with zero attached hydrogens (tertiary/aromatic N) is 1. The largest absolute Gasteiger partial charge is 0.464 e. The molecule has 0 radical (unpaired) electrons. The highest BCUT2D eigenvalue weighted by Crippen LogP contribution is 2.19. The second kappa shape index (κ2) is 26.1. The Labute approximate surface area is 358 Å². The Kier molecular flexibility index (Phi) is 23.0. The highest BCUT2D eigenvalue weighted by Gasteiger charge is 2.36. The van der Waals surface area contributed by atoms with E-state index in [4.69, 9.17) is 14.2 Å². The van der Waals surface area contributed by atoms with Gasteiger partial charge in [-0.1, -0.05) is 48.0 Å². The molecule has 1 fully saturated rings. The summed E-state index contributed by atoms with van der Waals surface area (Å²) in [6, 6.07) is -5.05. The van der Waals surface area contributed by atoms with Gasteiger partial charge in [-0.2, -0.15) is 0 Å². The number of rotatable bonds is 24. The Morgan fingerprint density at radius 2 is 1.23 bits per heavy atom. The monoisotopic (exact) mass is 867 g/mol. The van der Waals surface area contributed by atoms with Gasteiger partial charge in [0.25, 0.3) is 0 Å². The number of hydrogen-bond acceptors (Lipinski definition) is 13. The smallest absolute Gasteiger partial charge is 0.340 e. The molecule has 7 amide bonds. The predicted molar refractivity (Wildman–Crippen MR) is 221 cm³/mol. The van der Waals surface area contributed by atoms with E-state index in [1.54, 1.807) is 48.5 Å². The Balaban J connectivity index is 2.87. The van der Waals surface area contributed by atoms with Crippen LogP contribution in [0.3, 0.4) is 0 Å². The first kappa shape index (κ1) is 53.7. The molecular weight excluding hydrogens is 798 g/mol. The highest BCUT2D eigenvalue weighted by molar-refractivity contribution is 6.03. The van der Waals surface area contributed by atoms with E-state index < -0.39 is 108 Å². The van der Waals surface area contributed by atoms with Gasteiger partial charge in [0.05, 0.1) is 38.6 Å². The van der Waals surface area contributed by atoms with Crippen LogP contribution in [0.25, 0.3) is 0 Å². The van der Waals surface area contributed by atoms with Gasteiger partial charge in [0, 0.05) is 19.5 Å². The van der Waals surface area contributed by atoms with Gasteiger partial charge in [-0.25, -0.2) is 9.59 Å².